The molecule has 90 valence electrons. The lowest BCUT2D eigenvalue weighted by Crippen LogP contribution is -2.27. The second-order valence-corrected chi connectivity index (χ2v) is 5.24. The molecule has 5 nitrogen and oxygen atoms in total. The van der Waals surface area contributed by atoms with E-state index in [2.05, 4.69) is 4.72 Å². The molecule has 0 amide bonds. The molecule has 0 bridgehead atoms. The Morgan fingerprint density at radius 1 is 1.50 bits per heavy atom. The summed E-state index contributed by atoms with van der Waals surface area (Å²) in [6, 6.07) is 4.30. The van der Waals surface area contributed by atoms with Crippen LogP contribution in [0.5, 0.6) is 0 Å². The third kappa shape index (κ3) is 3.34. The summed E-state index contributed by atoms with van der Waals surface area (Å²) in [4.78, 5) is -0.0175. The van der Waals surface area contributed by atoms with Gasteiger partial charge in [0.05, 0.1) is 12.3 Å². The standard InChI is InChI=1S/C9H13ClN2O3S/c1-15-5-4-12-16(13,14)9-6-7(10)2-3-8(9)11/h2-3,6,12H,4-5,11H2,1H3. The van der Waals surface area contributed by atoms with Crippen molar-refractivity contribution < 1.29 is 13.2 Å². The van der Waals surface area contributed by atoms with E-state index in [9.17, 15) is 8.42 Å². The van der Waals surface area contributed by atoms with Crippen LogP contribution in [0, 0.1) is 0 Å². The van der Waals surface area contributed by atoms with E-state index in [0.29, 0.717) is 11.6 Å². The van der Waals surface area contributed by atoms with Gasteiger partial charge in [0, 0.05) is 18.7 Å². The van der Waals surface area contributed by atoms with Crippen molar-refractivity contribution in [3.63, 3.8) is 0 Å². The van der Waals surface area contributed by atoms with E-state index < -0.39 is 10.0 Å². The number of rotatable bonds is 5. The van der Waals surface area contributed by atoms with Crippen molar-refractivity contribution in [2.45, 2.75) is 4.90 Å². The third-order valence-electron chi connectivity index (χ3n) is 1.86. The quantitative estimate of drug-likeness (QED) is 0.610. The molecule has 3 N–H and O–H groups in total. The molecule has 1 aromatic carbocycles. The van der Waals surface area contributed by atoms with Crippen molar-refractivity contribution in [2.75, 3.05) is 26.0 Å². The highest BCUT2D eigenvalue weighted by atomic mass is 35.5. The molecule has 16 heavy (non-hydrogen) atoms. The van der Waals surface area contributed by atoms with E-state index in [1.54, 1.807) is 0 Å². The molecule has 1 aromatic rings. The average Bonchev–Trinajstić information content (AvgIpc) is 2.22. The molecule has 0 heterocycles. The molecule has 0 spiro atoms. The van der Waals surface area contributed by atoms with Crippen LogP contribution >= 0.6 is 11.6 Å². The summed E-state index contributed by atoms with van der Waals surface area (Å²) in [6.45, 7) is 0.477. The highest BCUT2D eigenvalue weighted by molar-refractivity contribution is 7.89. The molecule has 0 aromatic heterocycles. The molecular formula is C9H13ClN2O3S. The average molecular weight is 265 g/mol. The molecule has 0 saturated heterocycles. The summed E-state index contributed by atoms with van der Waals surface area (Å²) in [5.74, 6) is 0. The van der Waals surface area contributed by atoms with Gasteiger partial charge < -0.3 is 10.5 Å². The lowest BCUT2D eigenvalue weighted by molar-refractivity contribution is 0.204. The zero-order valence-electron chi connectivity index (χ0n) is 8.73. The van der Waals surface area contributed by atoms with Crippen molar-refractivity contribution in [3.8, 4) is 0 Å². The summed E-state index contributed by atoms with van der Waals surface area (Å²) in [7, 11) is -2.14. The van der Waals surface area contributed by atoms with Crippen LogP contribution in [0.3, 0.4) is 0 Å². The summed E-state index contributed by atoms with van der Waals surface area (Å²) in [5.41, 5.74) is 5.73. The Balaban J connectivity index is 2.93. The van der Waals surface area contributed by atoms with E-state index in [-0.39, 0.29) is 17.1 Å². The van der Waals surface area contributed by atoms with Gasteiger partial charge in [0.25, 0.3) is 0 Å². The predicted molar refractivity (Wildman–Crippen MR) is 62.9 cm³/mol. The first-order valence-corrected chi connectivity index (χ1v) is 6.37. The summed E-state index contributed by atoms with van der Waals surface area (Å²) >= 11 is 5.71. The van der Waals surface area contributed by atoms with Crippen LogP contribution in [0.15, 0.2) is 23.1 Å². The van der Waals surface area contributed by atoms with E-state index in [1.807, 2.05) is 0 Å². The first kappa shape index (κ1) is 13.2. The Hall–Kier alpha value is -0.820. The fourth-order valence-electron chi connectivity index (χ4n) is 1.10. The summed E-state index contributed by atoms with van der Waals surface area (Å²) in [6.07, 6.45) is 0. The molecule has 0 unspecified atom stereocenters. The normalized spacial score (nSPS) is 11.6. The van der Waals surface area contributed by atoms with E-state index in [1.165, 1.54) is 25.3 Å². The van der Waals surface area contributed by atoms with Gasteiger partial charge in [-0.3, -0.25) is 0 Å². The zero-order valence-corrected chi connectivity index (χ0v) is 10.3. The number of hydrogen-bond donors (Lipinski definition) is 2. The number of methoxy groups -OCH3 is 1. The topological polar surface area (TPSA) is 81.4 Å². The predicted octanol–water partition coefficient (Wildman–Crippen LogP) is 0.847. The summed E-state index contributed by atoms with van der Waals surface area (Å²) in [5, 5.41) is 0.321. The molecule has 0 aliphatic rings. The molecule has 1 rings (SSSR count). The molecular weight excluding hydrogens is 252 g/mol. The van der Waals surface area contributed by atoms with Gasteiger partial charge in [-0.05, 0) is 18.2 Å². The van der Waals surface area contributed by atoms with Gasteiger partial charge in [0.1, 0.15) is 4.90 Å². The number of ether oxygens (including phenoxy) is 1. The fraction of sp³-hybridized carbons (Fsp3) is 0.333. The minimum atomic E-state index is -3.63. The van der Waals surface area contributed by atoms with Crippen LogP contribution in [0.25, 0.3) is 0 Å². The smallest absolute Gasteiger partial charge is 0.242 e. The maximum atomic E-state index is 11.8. The first-order chi connectivity index (χ1) is 7.47. The number of anilines is 1. The highest BCUT2D eigenvalue weighted by Gasteiger charge is 2.16. The summed E-state index contributed by atoms with van der Waals surface area (Å²) < 4.78 is 30.6. The van der Waals surface area contributed by atoms with E-state index in [0.717, 1.165) is 0 Å². The Morgan fingerprint density at radius 3 is 2.81 bits per heavy atom. The van der Waals surface area contributed by atoms with Gasteiger partial charge in [0.15, 0.2) is 0 Å². The Morgan fingerprint density at radius 2 is 2.19 bits per heavy atom. The van der Waals surface area contributed by atoms with Crippen LogP contribution in [-0.4, -0.2) is 28.7 Å². The van der Waals surface area contributed by atoms with Crippen LogP contribution in [-0.2, 0) is 14.8 Å². The maximum Gasteiger partial charge on any atom is 0.242 e. The third-order valence-corrected chi connectivity index (χ3v) is 3.62. The number of sulfonamides is 1. The van der Waals surface area contributed by atoms with Gasteiger partial charge in [-0.2, -0.15) is 0 Å². The number of hydrogen-bond acceptors (Lipinski definition) is 4. The van der Waals surface area contributed by atoms with E-state index >= 15 is 0 Å². The van der Waals surface area contributed by atoms with Crippen LogP contribution < -0.4 is 10.5 Å². The molecule has 0 aliphatic heterocycles. The minimum Gasteiger partial charge on any atom is -0.398 e. The van der Waals surface area contributed by atoms with Crippen LogP contribution in [0.1, 0.15) is 0 Å². The number of nitrogens with one attached hydrogen (secondary N) is 1. The molecule has 7 heteroatoms. The van der Waals surface area contributed by atoms with Crippen LogP contribution in [0.2, 0.25) is 5.02 Å². The molecule has 0 aliphatic carbocycles. The number of halogens is 1. The monoisotopic (exact) mass is 264 g/mol. The highest BCUT2D eigenvalue weighted by Crippen LogP contribution is 2.22. The SMILES string of the molecule is COCCNS(=O)(=O)c1cc(Cl)ccc1N. The maximum absolute atomic E-state index is 11.8. The Kier molecular flexibility index (Phi) is 4.55. The number of nitrogen functional groups attached to an aromatic ring is 1. The van der Waals surface area contributed by atoms with Gasteiger partial charge in [0.2, 0.25) is 10.0 Å². The van der Waals surface area contributed by atoms with Crippen molar-refractivity contribution >= 4 is 27.3 Å². The number of benzene rings is 1. The van der Waals surface area contributed by atoms with Gasteiger partial charge in [-0.15, -0.1) is 0 Å². The second-order valence-electron chi connectivity index (χ2n) is 3.07. The van der Waals surface area contributed by atoms with E-state index in [4.69, 9.17) is 22.1 Å². The largest absolute Gasteiger partial charge is 0.398 e. The molecule has 0 radical (unpaired) electrons. The van der Waals surface area contributed by atoms with Crippen molar-refractivity contribution in [1.29, 1.82) is 0 Å². The second kappa shape index (κ2) is 5.49. The number of nitrogens with two attached hydrogens (primary N) is 1. The molecule has 0 saturated carbocycles. The first-order valence-electron chi connectivity index (χ1n) is 4.51. The fourth-order valence-corrected chi connectivity index (χ4v) is 2.50. The van der Waals surface area contributed by atoms with Gasteiger partial charge >= 0.3 is 0 Å². The lowest BCUT2D eigenvalue weighted by Gasteiger charge is -2.08. The van der Waals surface area contributed by atoms with Crippen molar-refractivity contribution in [3.05, 3.63) is 23.2 Å². The molecule has 0 atom stereocenters. The van der Waals surface area contributed by atoms with Gasteiger partial charge in [-0.1, -0.05) is 11.6 Å². The van der Waals surface area contributed by atoms with Crippen molar-refractivity contribution in [2.24, 2.45) is 0 Å². The van der Waals surface area contributed by atoms with Gasteiger partial charge in [-0.25, -0.2) is 13.1 Å². The Labute approximate surface area is 99.6 Å². The van der Waals surface area contributed by atoms with Crippen LogP contribution in [0.4, 0.5) is 5.69 Å². The lowest BCUT2D eigenvalue weighted by atomic mass is 10.3. The van der Waals surface area contributed by atoms with Crippen molar-refractivity contribution in [1.82, 2.24) is 4.72 Å². The molecule has 0 fully saturated rings. The Bertz CT molecular complexity index is 462. The minimum absolute atomic E-state index is 0.0175. The zero-order chi connectivity index (χ0) is 12.2.